The molecular formula is C15H11BrN2O2. The van der Waals surface area contributed by atoms with Gasteiger partial charge in [0.1, 0.15) is 0 Å². The van der Waals surface area contributed by atoms with Crippen molar-refractivity contribution in [3.63, 3.8) is 0 Å². The van der Waals surface area contributed by atoms with Gasteiger partial charge in [-0.2, -0.15) is 0 Å². The van der Waals surface area contributed by atoms with E-state index < -0.39 is 11.6 Å². The Balaban J connectivity index is 2.30. The summed E-state index contributed by atoms with van der Waals surface area (Å²) in [6.07, 6.45) is 0. The van der Waals surface area contributed by atoms with Crippen LogP contribution in [-0.2, 0) is 10.3 Å². The number of amides is 3. The van der Waals surface area contributed by atoms with E-state index in [1.54, 1.807) is 0 Å². The number of imide groups is 1. The van der Waals surface area contributed by atoms with Gasteiger partial charge in [-0.25, -0.2) is 8.72 Å². The molecule has 1 heterocycles. The summed E-state index contributed by atoms with van der Waals surface area (Å²) >= 11 is 3.24. The number of nitrogens with zero attached hydrogens (tertiary/aromatic N) is 1. The van der Waals surface area contributed by atoms with E-state index in [4.69, 9.17) is 0 Å². The number of hydrogen-bond acceptors (Lipinski definition) is 2. The van der Waals surface area contributed by atoms with Gasteiger partial charge in [-0.3, -0.25) is 10.1 Å². The number of carbonyl (C=O) groups is 2. The maximum absolute atomic E-state index is 12.5. The van der Waals surface area contributed by atoms with Crippen LogP contribution in [0.15, 0.2) is 60.7 Å². The molecule has 100 valence electrons. The molecule has 1 aliphatic heterocycles. The molecule has 0 saturated carbocycles. The molecule has 3 rings (SSSR count). The van der Waals surface area contributed by atoms with E-state index >= 15 is 0 Å². The summed E-state index contributed by atoms with van der Waals surface area (Å²) in [5, 5.41) is 2.36. The second-order valence-corrected chi connectivity index (χ2v) is 5.19. The molecule has 1 N–H and O–H groups in total. The second-order valence-electron chi connectivity index (χ2n) is 4.48. The Morgan fingerprint density at radius 1 is 0.850 bits per heavy atom. The summed E-state index contributed by atoms with van der Waals surface area (Å²) < 4.78 is 1.27. The molecule has 0 aromatic heterocycles. The number of nitrogens with one attached hydrogen (secondary N) is 1. The molecule has 2 aromatic carbocycles. The van der Waals surface area contributed by atoms with Crippen molar-refractivity contribution in [1.29, 1.82) is 0 Å². The molecular weight excluding hydrogens is 320 g/mol. The van der Waals surface area contributed by atoms with Gasteiger partial charge in [0, 0.05) is 0 Å². The van der Waals surface area contributed by atoms with Crippen LogP contribution < -0.4 is 5.32 Å². The van der Waals surface area contributed by atoms with Gasteiger partial charge in [-0.1, -0.05) is 60.7 Å². The van der Waals surface area contributed by atoms with Crippen LogP contribution >= 0.6 is 16.1 Å². The molecule has 5 heteroatoms. The summed E-state index contributed by atoms with van der Waals surface area (Å²) in [7, 11) is 0. The van der Waals surface area contributed by atoms with Crippen LogP contribution in [0, 0.1) is 0 Å². The van der Waals surface area contributed by atoms with E-state index in [9.17, 15) is 9.59 Å². The van der Waals surface area contributed by atoms with Gasteiger partial charge in [-0.15, -0.1) is 0 Å². The predicted octanol–water partition coefficient (Wildman–Crippen LogP) is 2.79. The summed E-state index contributed by atoms with van der Waals surface area (Å²) in [6.45, 7) is 0. The number of rotatable bonds is 2. The molecule has 0 radical (unpaired) electrons. The van der Waals surface area contributed by atoms with Crippen molar-refractivity contribution >= 4 is 28.1 Å². The fraction of sp³-hybridized carbons (Fsp3) is 0.0667. The van der Waals surface area contributed by atoms with Crippen molar-refractivity contribution in [2.45, 2.75) is 5.54 Å². The SMILES string of the molecule is O=C1NC(=O)C(c2ccccc2)(c2ccccc2)N1Br. The lowest BCUT2D eigenvalue weighted by molar-refractivity contribution is -0.123. The monoisotopic (exact) mass is 330 g/mol. The Morgan fingerprint density at radius 3 is 1.65 bits per heavy atom. The van der Waals surface area contributed by atoms with E-state index in [-0.39, 0.29) is 5.91 Å². The van der Waals surface area contributed by atoms with E-state index in [0.717, 1.165) is 11.1 Å². The zero-order valence-corrected chi connectivity index (χ0v) is 12.0. The zero-order valence-electron chi connectivity index (χ0n) is 10.4. The molecule has 0 bridgehead atoms. The topological polar surface area (TPSA) is 49.4 Å². The van der Waals surface area contributed by atoms with Gasteiger partial charge in [0.2, 0.25) is 0 Å². The van der Waals surface area contributed by atoms with Crippen LogP contribution in [-0.4, -0.2) is 15.9 Å². The van der Waals surface area contributed by atoms with Crippen LogP contribution in [0.2, 0.25) is 0 Å². The highest BCUT2D eigenvalue weighted by Crippen LogP contribution is 2.41. The maximum Gasteiger partial charge on any atom is 0.335 e. The lowest BCUT2D eigenvalue weighted by Gasteiger charge is -2.31. The van der Waals surface area contributed by atoms with Crippen LogP contribution in [0.25, 0.3) is 0 Å². The van der Waals surface area contributed by atoms with Crippen LogP contribution in [0.3, 0.4) is 0 Å². The first-order chi connectivity index (χ1) is 9.67. The average Bonchev–Trinajstić information content (AvgIpc) is 2.72. The minimum absolute atomic E-state index is 0.364. The van der Waals surface area contributed by atoms with Crippen molar-refractivity contribution < 1.29 is 9.59 Å². The second kappa shape index (κ2) is 4.76. The number of benzene rings is 2. The summed E-state index contributed by atoms with van der Waals surface area (Å²) in [5.74, 6) is -0.364. The largest absolute Gasteiger partial charge is 0.335 e. The molecule has 1 aliphatic rings. The maximum atomic E-state index is 12.5. The molecule has 4 nitrogen and oxygen atoms in total. The van der Waals surface area contributed by atoms with Crippen LogP contribution in [0.4, 0.5) is 4.79 Å². The Labute approximate surface area is 124 Å². The predicted molar refractivity (Wildman–Crippen MR) is 78.0 cm³/mol. The van der Waals surface area contributed by atoms with Crippen molar-refractivity contribution in [2.75, 3.05) is 0 Å². The summed E-state index contributed by atoms with van der Waals surface area (Å²) in [4.78, 5) is 24.4. The standard InChI is InChI=1S/C15H11BrN2O2/c16-18-14(20)17-13(19)15(18,11-7-3-1-4-8-11)12-9-5-2-6-10-12/h1-10H,(H,17,19,20). The molecule has 0 spiro atoms. The van der Waals surface area contributed by atoms with Crippen molar-refractivity contribution in [2.24, 2.45) is 0 Å². The van der Waals surface area contributed by atoms with E-state index in [1.807, 2.05) is 60.7 Å². The van der Waals surface area contributed by atoms with E-state index in [1.165, 1.54) is 3.93 Å². The lowest BCUT2D eigenvalue weighted by Crippen LogP contribution is -2.43. The fourth-order valence-electron chi connectivity index (χ4n) is 2.49. The van der Waals surface area contributed by atoms with Crippen molar-refractivity contribution in [3.05, 3.63) is 71.8 Å². The van der Waals surface area contributed by atoms with Gasteiger partial charge in [0.15, 0.2) is 5.54 Å². The third kappa shape index (κ3) is 1.67. The fourth-order valence-corrected chi connectivity index (χ4v) is 3.15. The first kappa shape index (κ1) is 12.9. The van der Waals surface area contributed by atoms with Crippen molar-refractivity contribution in [3.8, 4) is 0 Å². The molecule has 2 aromatic rings. The quantitative estimate of drug-likeness (QED) is 0.680. The third-order valence-corrected chi connectivity index (χ3v) is 4.26. The molecule has 1 fully saturated rings. The summed E-state index contributed by atoms with van der Waals surface area (Å²) in [5.41, 5.74) is 0.275. The number of carbonyl (C=O) groups excluding carboxylic acids is 2. The minimum atomic E-state index is -1.18. The smallest absolute Gasteiger partial charge is 0.274 e. The zero-order chi connectivity index (χ0) is 14.2. The Kier molecular flexibility index (Phi) is 3.06. The highest BCUT2D eigenvalue weighted by molar-refractivity contribution is 9.07. The average molecular weight is 331 g/mol. The highest BCUT2D eigenvalue weighted by Gasteiger charge is 2.55. The minimum Gasteiger partial charge on any atom is -0.274 e. The lowest BCUT2D eigenvalue weighted by atomic mass is 9.83. The van der Waals surface area contributed by atoms with Gasteiger partial charge < -0.3 is 0 Å². The molecule has 3 amide bonds. The Hall–Kier alpha value is -2.14. The number of urea groups is 1. The highest BCUT2D eigenvalue weighted by atomic mass is 79.9. The number of halogens is 1. The first-order valence-electron chi connectivity index (χ1n) is 6.10. The van der Waals surface area contributed by atoms with Crippen LogP contribution in [0.5, 0.6) is 0 Å². The van der Waals surface area contributed by atoms with Gasteiger partial charge in [-0.05, 0) is 11.1 Å². The van der Waals surface area contributed by atoms with Gasteiger partial charge in [0.05, 0.1) is 16.1 Å². The number of hydrogen-bond donors (Lipinski definition) is 1. The normalized spacial score (nSPS) is 17.1. The van der Waals surface area contributed by atoms with E-state index in [2.05, 4.69) is 21.5 Å². The molecule has 0 unspecified atom stereocenters. The third-order valence-electron chi connectivity index (χ3n) is 3.40. The molecule has 0 aliphatic carbocycles. The van der Waals surface area contributed by atoms with Gasteiger partial charge >= 0.3 is 6.03 Å². The Morgan fingerprint density at radius 2 is 1.30 bits per heavy atom. The molecule has 0 atom stereocenters. The van der Waals surface area contributed by atoms with Crippen molar-refractivity contribution in [1.82, 2.24) is 9.24 Å². The van der Waals surface area contributed by atoms with E-state index in [0.29, 0.717) is 0 Å². The molecule has 1 saturated heterocycles. The Bertz CT molecular complexity index is 619. The summed E-state index contributed by atoms with van der Waals surface area (Å²) in [6, 6.07) is 18.0. The first-order valence-corrected chi connectivity index (χ1v) is 6.81. The van der Waals surface area contributed by atoms with Gasteiger partial charge in [0.25, 0.3) is 5.91 Å². The molecule has 20 heavy (non-hydrogen) atoms. The van der Waals surface area contributed by atoms with Crippen LogP contribution in [0.1, 0.15) is 11.1 Å².